The molecule has 0 amide bonds. The van der Waals surface area contributed by atoms with E-state index >= 15 is 0 Å². The Labute approximate surface area is 521 Å². The Morgan fingerprint density at radius 1 is 0.353 bits per heavy atom. The Morgan fingerprint density at radius 3 is 0.906 bits per heavy atom. The van der Waals surface area contributed by atoms with Gasteiger partial charge in [0.25, 0.3) is 0 Å². The maximum atomic E-state index is 12.8. The van der Waals surface area contributed by atoms with Crippen LogP contribution in [0.25, 0.3) is 0 Å². The van der Waals surface area contributed by atoms with Crippen molar-refractivity contribution in [2.24, 2.45) is 5.73 Å². The first-order valence-corrected chi connectivity index (χ1v) is 35.1. The molecule has 3 N–H and O–H groups in total. The molecule has 0 spiro atoms. The first-order chi connectivity index (χ1) is 41.8. The van der Waals surface area contributed by atoms with Gasteiger partial charge in [0.1, 0.15) is 6.61 Å². The largest absolute Gasteiger partial charge is 0.472 e. The zero-order valence-corrected chi connectivity index (χ0v) is 54.7. The van der Waals surface area contributed by atoms with E-state index in [9.17, 15) is 19.0 Å². The molecule has 0 saturated heterocycles. The molecular weight excluding hydrogens is 1070 g/mol. The van der Waals surface area contributed by atoms with Crippen molar-refractivity contribution in [1.82, 2.24) is 0 Å². The predicted octanol–water partition coefficient (Wildman–Crippen LogP) is 22.2. The highest BCUT2D eigenvalue weighted by Crippen LogP contribution is 2.43. The molecule has 0 aliphatic carbocycles. The third kappa shape index (κ3) is 68.4. The topological polar surface area (TPSA) is 134 Å². The molecule has 0 aromatic heterocycles. The number of hydrogen-bond acceptors (Lipinski definition) is 8. The van der Waals surface area contributed by atoms with E-state index in [2.05, 4.69) is 184 Å². The lowest BCUT2D eigenvalue weighted by atomic mass is 10.0. The quantitative estimate of drug-likeness (QED) is 0.0264. The van der Waals surface area contributed by atoms with Gasteiger partial charge in [-0.15, -0.1) is 0 Å². The van der Waals surface area contributed by atoms with E-state index < -0.39 is 32.5 Å². The Hall–Kier alpha value is -4.63. The van der Waals surface area contributed by atoms with Crippen molar-refractivity contribution < 1.29 is 37.6 Å². The first kappa shape index (κ1) is 80.4. The van der Waals surface area contributed by atoms with Crippen LogP contribution in [0.4, 0.5) is 0 Å². The second kappa shape index (κ2) is 68.5. The van der Waals surface area contributed by atoms with Crippen LogP contribution < -0.4 is 5.73 Å². The van der Waals surface area contributed by atoms with Gasteiger partial charge in [-0.2, -0.15) is 0 Å². The number of carbonyl (C=O) groups excluding carboxylic acids is 2. The SMILES string of the molecule is CC/C=C\C/C=C\C/C=C\C/C=C\C/C=C\C/C=C\C/C=C\C/C=C\CCCCCCCCCCCCCCC(=O)OC(COC(=O)CCCCCCCCCC/C=C\C/C=C\C/C=C\C/C=C\C/C=C\C/C=C\CC)COP(=O)(O)OCCN. The van der Waals surface area contributed by atoms with Gasteiger partial charge in [0, 0.05) is 19.4 Å². The molecule has 0 radical (unpaired) electrons. The molecule has 0 aliphatic heterocycles. The third-order valence-corrected chi connectivity index (χ3v) is 14.6. The van der Waals surface area contributed by atoms with Crippen LogP contribution in [0.3, 0.4) is 0 Å². The van der Waals surface area contributed by atoms with Crippen molar-refractivity contribution >= 4 is 19.8 Å². The van der Waals surface area contributed by atoms with Crippen LogP contribution in [0.5, 0.6) is 0 Å². The van der Waals surface area contributed by atoms with E-state index in [4.69, 9.17) is 24.3 Å². The molecule has 2 unspecified atom stereocenters. The van der Waals surface area contributed by atoms with Crippen molar-refractivity contribution in [3.8, 4) is 0 Å². The maximum Gasteiger partial charge on any atom is 0.472 e. The van der Waals surface area contributed by atoms with E-state index in [-0.39, 0.29) is 32.6 Å². The molecule has 10 heteroatoms. The fraction of sp³-hybridized carbons (Fsp3) is 0.600. The molecule has 0 aliphatic rings. The van der Waals surface area contributed by atoms with Crippen LogP contribution >= 0.6 is 7.82 Å². The highest BCUT2D eigenvalue weighted by Gasteiger charge is 2.26. The first-order valence-electron chi connectivity index (χ1n) is 33.6. The number of nitrogens with two attached hydrogens (primary N) is 1. The summed E-state index contributed by atoms with van der Waals surface area (Å²) in [5.74, 6) is -0.848. The highest BCUT2D eigenvalue weighted by molar-refractivity contribution is 7.47. The number of allylic oxidation sites excluding steroid dienone is 28. The minimum atomic E-state index is -4.41. The van der Waals surface area contributed by atoms with Crippen molar-refractivity contribution in [3.05, 3.63) is 170 Å². The Bertz CT molecular complexity index is 2000. The Kier molecular flexibility index (Phi) is 64.8. The van der Waals surface area contributed by atoms with Crippen LogP contribution in [-0.2, 0) is 32.7 Å². The van der Waals surface area contributed by atoms with Crippen LogP contribution in [0.2, 0.25) is 0 Å². The second-order valence-electron chi connectivity index (χ2n) is 21.6. The van der Waals surface area contributed by atoms with Gasteiger partial charge in [-0.3, -0.25) is 18.6 Å². The molecule has 0 rings (SSSR count). The van der Waals surface area contributed by atoms with Crippen LogP contribution in [-0.4, -0.2) is 49.3 Å². The molecule has 0 fully saturated rings. The van der Waals surface area contributed by atoms with Gasteiger partial charge in [0.05, 0.1) is 13.2 Å². The van der Waals surface area contributed by atoms with E-state index in [0.29, 0.717) is 12.8 Å². The number of esters is 2. The van der Waals surface area contributed by atoms with Crippen LogP contribution in [0.15, 0.2) is 170 Å². The van der Waals surface area contributed by atoms with E-state index in [1.165, 1.54) is 77.0 Å². The average molecular weight is 1200 g/mol. The van der Waals surface area contributed by atoms with Crippen molar-refractivity contribution in [2.45, 2.75) is 264 Å². The molecule has 480 valence electrons. The zero-order valence-electron chi connectivity index (χ0n) is 53.8. The molecule has 85 heavy (non-hydrogen) atoms. The lowest BCUT2D eigenvalue weighted by Gasteiger charge is -2.19. The lowest BCUT2D eigenvalue weighted by molar-refractivity contribution is -0.161. The van der Waals surface area contributed by atoms with E-state index in [1.807, 2.05) is 0 Å². The molecule has 0 bridgehead atoms. The molecule has 0 aromatic carbocycles. The normalized spacial score (nSPS) is 14.1. The number of ether oxygens (including phenoxy) is 2. The smallest absolute Gasteiger partial charge is 0.462 e. The summed E-state index contributed by atoms with van der Waals surface area (Å²) in [5.41, 5.74) is 5.40. The van der Waals surface area contributed by atoms with Crippen LogP contribution in [0, 0.1) is 0 Å². The Balaban J connectivity index is 3.98. The molecule has 0 heterocycles. The van der Waals surface area contributed by atoms with Crippen molar-refractivity contribution in [2.75, 3.05) is 26.4 Å². The minimum absolute atomic E-state index is 0.0437. The second-order valence-corrected chi connectivity index (χ2v) is 23.0. The fourth-order valence-electron chi connectivity index (χ4n) is 8.71. The minimum Gasteiger partial charge on any atom is -0.462 e. The van der Waals surface area contributed by atoms with E-state index in [0.717, 1.165) is 141 Å². The summed E-state index contributed by atoms with van der Waals surface area (Å²) in [6.45, 7) is 3.50. The van der Waals surface area contributed by atoms with Crippen molar-refractivity contribution in [3.63, 3.8) is 0 Å². The fourth-order valence-corrected chi connectivity index (χ4v) is 9.48. The molecule has 9 nitrogen and oxygen atoms in total. The highest BCUT2D eigenvalue weighted by atomic mass is 31.2. The van der Waals surface area contributed by atoms with Crippen molar-refractivity contribution in [1.29, 1.82) is 0 Å². The third-order valence-electron chi connectivity index (χ3n) is 13.6. The van der Waals surface area contributed by atoms with Gasteiger partial charge < -0.3 is 20.1 Å². The average Bonchev–Trinajstić information content (AvgIpc) is 3.52. The summed E-state index contributed by atoms with van der Waals surface area (Å²) in [4.78, 5) is 35.3. The van der Waals surface area contributed by atoms with Gasteiger partial charge in [-0.05, 0) is 128 Å². The summed E-state index contributed by atoms with van der Waals surface area (Å²) in [5, 5.41) is 0. The number of carbonyl (C=O) groups is 2. The number of rotatable bonds is 61. The number of unbranched alkanes of at least 4 members (excludes halogenated alkanes) is 20. The number of phosphoric acid groups is 1. The summed E-state index contributed by atoms with van der Waals surface area (Å²) in [7, 11) is -4.41. The lowest BCUT2D eigenvalue weighted by Crippen LogP contribution is -2.29. The molecule has 0 saturated carbocycles. The Morgan fingerprint density at radius 2 is 0.612 bits per heavy atom. The van der Waals surface area contributed by atoms with Gasteiger partial charge in [0.2, 0.25) is 0 Å². The van der Waals surface area contributed by atoms with Crippen LogP contribution in [0.1, 0.15) is 258 Å². The molecule has 0 aromatic rings. The summed E-state index contributed by atoms with van der Waals surface area (Å²) in [6.07, 6.45) is 101. The standard InChI is InChI=1S/C75H122NO8P/c1-3-5-7-9-11-13-15-17-19-21-23-25-27-29-31-32-33-34-35-36-37-38-39-40-42-44-46-48-50-52-54-56-58-60-62-64-66-68-75(78)84-73(72-83-85(79,80)82-70-69-76)71-81-74(77)67-65-63-61-59-57-55-53-51-49-47-45-43-41-30-28-26-24-22-20-18-16-14-12-10-8-6-4-2/h5-8,11-14,17-20,23-26,29-31,33-34,36-37,39-41,45,47,73H,3-4,9-10,15-16,21-22,27-28,32,35,38,42-44,46,48-72,76H2,1-2H3,(H,79,80)/b7-5-,8-6-,13-11-,14-12-,19-17-,20-18-,25-23-,26-24-,31-29-,34-33-,37-36-,40-39-,41-30-,47-45-. The van der Waals surface area contributed by atoms with E-state index in [1.54, 1.807) is 0 Å². The van der Waals surface area contributed by atoms with Gasteiger partial charge in [-0.1, -0.05) is 287 Å². The predicted molar refractivity (Wildman–Crippen MR) is 366 cm³/mol. The summed E-state index contributed by atoms with van der Waals surface area (Å²) < 4.78 is 33.1. The maximum absolute atomic E-state index is 12.8. The van der Waals surface area contributed by atoms with Gasteiger partial charge in [-0.25, -0.2) is 4.57 Å². The zero-order chi connectivity index (χ0) is 61.6. The molecule has 2 atom stereocenters. The number of hydrogen-bond donors (Lipinski definition) is 2. The summed E-state index contributed by atoms with van der Waals surface area (Å²) in [6, 6.07) is 0. The number of phosphoric ester groups is 1. The molecular formula is C75H122NO8P. The van der Waals surface area contributed by atoms with Gasteiger partial charge in [0.15, 0.2) is 6.10 Å². The summed E-state index contributed by atoms with van der Waals surface area (Å²) >= 11 is 0. The van der Waals surface area contributed by atoms with Gasteiger partial charge >= 0.3 is 19.8 Å². The monoisotopic (exact) mass is 1200 g/mol.